The third kappa shape index (κ3) is 4.12. The van der Waals surface area contributed by atoms with Gasteiger partial charge in [0.25, 0.3) is 5.91 Å². The van der Waals surface area contributed by atoms with E-state index in [1.807, 2.05) is 68.4 Å². The van der Waals surface area contributed by atoms with Crippen molar-refractivity contribution in [1.82, 2.24) is 4.98 Å². The average molecular weight is 412 g/mol. The van der Waals surface area contributed by atoms with Crippen LogP contribution in [0.3, 0.4) is 0 Å². The van der Waals surface area contributed by atoms with Gasteiger partial charge < -0.3 is 5.11 Å². The van der Waals surface area contributed by atoms with Gasteiger partial charge in [-0.15, -0.1) is 0 Å². The predicted molar refractivity (Wildman–Crippen MR) is 120 cm³/mol. The predicted octanol–water partition coefficient (Wildman–Crippen LogP) is 4.80. The molecule has 5 heteroatoms. The van der Waals surface area contributed by atoms with Crippen LogP contribution in [0.1, 0.15) is 34.8 Å². The number of Topliss-reactive ketones (excluding diaryl/α,β-unsaturated/α-hetero) is 1. The molecule has 0 aliphatic carbocycles. The van der Waals surface area contributed by atoms with Gasteiger partial charge in [-0.05, 0) is 61.2 Å². The summed E-state index contributed by atoms with van der Waals surface area (Å²) in [6.07, 6.45) is 2.35. The zero-order valence-corrected chi connectivity index (χ0v) is 17.6. The van der Waals surface area contributed by atoms with Crippen molar-refractivity contribution in [3.8, 4) is 0 Å². The second kappa shape index (κ2) is 8.56. The highest BCUT2D eigenvalue weighted by molar-refractivity contribution is 6.16. The molecular formula is C26H24N2O3. The van der Waals surface area contributed by atoms with Crippen molar-refractivity contribution in [3.63, 3.8) is 0 Å². The molecule has 1 atom stereocenters. The van der Waals surface area contributed by atoms with Crippen molar-refractivity contribution in [2.75, 3.05) is 4.90 Å². The van der Waals surface area contributed by atoms with Gasteiger partial charge in [-0.25, -0.2) is 0 Å². The smallest absolute Gasteiger partial charge is 0.294 e. The zero-order chi connectivity index (χ0) is 22.0. The largest absolute Gasteiger partial charge is 0.503 e. The Kier molecular flexibility index (Phi) is 5.67. The van der Waals surface area contributed by atoms with Crippen molar-refractivity contribution in [1.29, 1.82) is 0 Å². The lowest BCUT2D eigenvalue weighted by molar-refractivity contribution is -0.118. The summed E-state index contributed by atoms with van der Waals surface area (Å²) in [6.45, 7) is 3.90. The zero-order valence-electron chi connectivity index (χ0n) is 17.6. The van der Waals surface area contributed by atoms with Crippen molar-refractivity contribution in [2.24, 2.45) is 0 Å². The Bertz CT molecular complexity index is 1130. The van der Waals surface area contributed by atoms with Crippen LogP contribution >= 0.6 is 0 Å². The van der Waals surface area contributed by atoms with Gasteiger partial charge in [0, 0.05) is 18.3 Å². The maximum Gasteiger partial charge on any atom is 0.294 e. The molecule has 3 aromatic rings. The molecule has 1 amide bonds. The molecule has 2 heterocycles. The Labute approximate surface area is 181 Å². The van der Waals surface area contributed by atoms with Crippen LogP contribution in [0, 0.1) is 13.8 Å². The molecule has 2 aromatic carbocycles. The van der Waals surface area contributed by atoms with E-state index in [4.69, 9.17) is 0 Å². The van der Waals surface area contributed by atoms with Crippen molar-refractivity contribution < 1.29 is 14.7 Å². The van der Waals surface area contributed by atoms with E-state index in [1.165, 1.54) is 4.90 Å². The molecule has 1 aromatic heterocycles. The van der Waals surface area contributed by atoms with Crippen LogP contribution in [0.2, 0.25) is 0 Å². The normalized spacial score (nSPS) is 16.1. The molecule has 31 heavy (non-hydrogen) atoms. The first-order valence-electron chi connectivity index (χ1n) is 10.3. The van der Waals surface area contributed by atoms with E-state index in [1.54, 1.807) is 18.3 Å². The fourth-order valence-corrected chi connectivity index (χ4v) is 4.10. The summed E-state index contributed by atoms with van der Waals surface area (Å²) in [4.78, 5) is 32.3. The van der Waals surface area contributed by atoms with Crippen LogP contribution in [-0.4, -0.2) is 21.8 Å². The molecule has 1 unspecified atom stereocenters. The molecule has 5 nitrogen and oxygen atoms in total. The average Bonchev–Trinajstić information content (AvgIpc) is 3.03. The summed E-state index contributed by atoms with van der Waals surface area (Å²) in [5, 5.41) is 10.8. The molecule has 0 radical (unpaired) electrons. The molecule has 1 aliphatic heterocycles. The van der Waals surface area contributed by atoms with Gasteiger partial charge in [0.2, 0.25) is 0 Å². The number of carbonyl (C=O) groups excluding carboxylic acids is 2. The van der Waals surface area contributed by atoms with Gasteiger partial charge in [-0.2, -0.15) is 0 Å². The monoisotopic (exact) mass is 412 g/mol. The number of aliphatic hydroxyl groups is 1. The van der Waals surface area contributed by atoms with Crippen LogP contribution < -0.4 is 4.90 Å². The highest BCUT2D eigenvalue weighted by Gasteiger charge is 2.44. The van der Waals surface area contributed by atoms with E-state index < -0.39 is 17.7 Å². The second-order valence-electron chi connectivity index (χ2n) is 7.85. The number of amides is 1. The first-order chi connectivity index (χ1) is 15.0. The number of ketones is 1. The van der Waals surface area contributed by atoms with Crippen LogP contribution in [0.4, 0.5) is 5.69 Å². The third-order valence-electron chi connectivity index (χ3n) is 5.44. The molecule has 156 valence electrons. The Hall–Kier alpha value is -3.73. The van der Waals surface area contributed by atoms with Crippen molar-refractivity contribution in [3.05, 3.63) is 107 Å². The first-order valence-corrected chi connectivity index (χ1v) is 10.3. The number of hydrogen-bond acceptors (Lipinski definition) is 4. The lowest BCUT2D eigenvalue weighted by Crippen LogP contribution is -2.31. The summed E-state index contributed by atoms with van der Waals surface area (Å²) in [5.74, 6) is -1.33. The second-order valence-corrected chi connectivity index (χ2v) is 7.85. The summed E-state index contributed by atoms with van der Waals surface area (Å²) in [5.41, 5.74) is 4.30. The van der Waals surface area contributed by atoms with Crippen LogP contribution in [0.15, 0.2) is 84.3 Å². The number of aryl methyl sites for hydroxylation is 3. The number of pyridine rings is 1. The van der Waals surface area contributed by atoms with E-state index in [0.29, 0.717) is 17.8 Å². The van der Waals surface area contributed by atoms with E-state index >= 15 is 0 Å². The van der Waals surface area contributed by atoms with E-state index in [0.717, 1.165) is 16.7 Å². The minimum Gasteiger partial charge on any atom is -0.503 e. The minimum absolute atomic E-state index is 0.110. The van der Waals surface area contributed by atoms with Gasteiger partial charge in [0.1, 0.15) is 6.04 Å². The van der Waals surface area contributed by atoms with E-state index in [2.05, 4.69) is 4.98 Å². The number of benzene rings is 2. The van der Waals surface area contributed by atoms with E-state index in [9.17, 15) is 14.7 Å². The third-order valence-corrected chi connectivity index (χ3v) is 5.44. The summed E-state index contributed by atoms with van der Waals surface area (Å²) in [6, 6.07) is 20.1. The summed E-state index contributed by atoms with van der Waals surface area (Å²) >= 11 is 0. The Morgan fingerprint density at radius 1 is 1.00 bits per heavy atom. The van der Waals surface area contributed by atoms with Gasteiger partial charge >= 0.3 is 0 Å². The Morgan fingerprint density at radius 2 is 1.68 bits per heavy atom. The molecule has 1 aliphatic rings. The number of rotatable bonds is 6. The number of nitrogens with zero attached hydrogens (tertiary/aromatic N) is 2. The number of aliphatic hydroxyl groups excluding tert-OH is 1. The topological polar surface area (TPSA) is 70.5 Å². The first kappa shape index (κ1) is 20.5. The number of aromatic nitrogens is 1. The Balaban J connectivity index is 1.74. The van der Waals surface area contributed by atoms with Gasteiger partial charge in [0.05, 0.1) is 11.3 Å². The van der Waals surface area contributed by atoms with Gasteiger partial charge in [0.15, 0.2) is 11.5 Å². The number of anilines is 1. The maximum atomic E-state index is 13.2. The minimum atomic E-state index is -0.766. The number of carbonyl (C=O) groups is 2. The molecule has 0 fully saturated rings. The van der Waals surface area contributed by atoms with Crippen LogP contribution in [-0.2, 0) is 16.0 Å². The lowest BCUT2D eigenvalue weighted by atomic mass is 9.95. The van der Waals surface area contributed by atoms with Crippen molar-refractivity contribution >= 4 is 17.4 Å². The van der Waals surface area contributed by atoms with Gasteiger partial charge in [-0.1, -0.05) is 42.5 Å². The summed E-state index contributed by atoms with van der Waals surface area (Å²) < 4.78 is 0. The molecule has 0 spiro atoms. The maximum absolute atomic E-state index is 13.2. The van der Waals surface area contributed by atoms with Gasteiger partial charge in [-0.3, -0.25) is 19.5 Å². The molecule has 0 saturated carbocycles. The fourth-order valence-electron chi connectivity index (χ4n) is 4.10. The molecule has 4 rings (SSSR count). The lowest BCUT2D eigenvalue weighted by Gasteiger charge is -2.26. The fraction of sp³-hybridized carbons (Fsp3) is 0.192. The summed E-state index contributed by atoms with van der Waals surface area (Å²) in [7, 11) is 0. The molecule has 1 N–H and O–H groups in total. The van der Waals surface area contributed by atoms with Crippen LogP contribution in [0.5, 0.6) is 0 Å². The molecule has 0 bridgehead atoms. The molecule has 0 saturated heterocycles. The SMILES string of the molecule is Cc1cc(C)cc(N2C(=O)C(O)=C(C(=O)CCc3ccccc3)C2c2ccccn2)c1. The standard InChI is InChI=1S/C26H24N2O3/c1-17-14-18(2)16-20(15-17)28-24(21-10-6-7-13-27-21)23(25(30)26(28)31)22(29)12-11-19-8-4-3-5-9-19/h3-10,13-16,24,30H,11-12H2,1-2H3. The molecular weight excluding hydrogens is 388 g/mol. The highest BCUT2D eigenvalue weighted by Crippen LogP contribution is 2.41. The number of hydrogen-bond donors (Lipinski definition) is 1. The Morgan fingerprint density at radius 3 is 2.32 bits per heavy atom. The van der Waals surface area contributed by atoms with E-state index in [-0.39, 0.29) is 17.8 Å². The highest BCUT2D eigenvalue weighted by atomic mass is 16.3. The quantitative estimate of drug-likeness (QED) is 0.631. The van der Waals surface area contributed by atoms with Crippen LogP contribution in [0.25, 0.3) is 0 Å². The van der Waals surface area contributed by atoms with Crippen molar-refractivity contribution in [2.45, 2.75) is 32.7 Å².